The topological polar surface area (TPSA) is 55.2 Å². The zero-order valence-electron chi connectivity index (χ0n) is 26.6. The van der Waals surface area contributed by atoms with Crippen LogP contribution in [0.5, 0.6) is 5.75 Å². The maximum Gasteiger partial charge on any atom is 0.569 e. The lowest BCUT2D eigenvalue weighted by atomic mass is 9.96. The lowest BCUT2D eigenvalue weighted by Crippen LogP contribution is -1.99. The lowest BCUT2D eigenvalue weighted by molar-refractivity contribution is 0.454. The summed E-state index contributed by atoms with van der Waals surface area (Å²) in [5.74, 6) is 0.602. The fraction of sp³-hybridized carbons (Fsp3) is 0. The molecule has 1 N–H and O–H groups in total. The fourth-order valence-electron chi connectivity index (χ4n) is 5.44. The molecule has 0 saturated heterocycles. The van der Waals surface area contributed by atoms with Crippen LogP contribution in [0.15, 0.2) is 179 Å². The van der Waals surface area contributed by atoms with Crippen molar-refractivity contribution in [2.75, 3.05) is 0 Å². The van der Waals surface area contributed by atoms with Gasteiger partial charge in [-0.3, -0.25) is 9.97 Å². The van der Waals surface area contributed by atoms with E-state index in [-0.39, 0.29) is 0 Å². The van der Waals surface area contributed by atoms with E-state index in [4.69, 9.17) is 9.68 Å². The largest absolute Gasteiger partial charge is 0.569 e. The number of nitrogens with zero attached hydrogens (tertiary/aromatic N) is 2. The van der Waals surface area contributed by atoms with Crippen molar-refractivity contribution in [3.8, 4) is 39.1 Å². The summed E-state index contributed by atoms with van der Waals surface area (Å²) in [4.78, 5) is 8.23. The second kappa shape index (κ2) is 17.5. The molecule has 0 aliphatic rings. The molecule has 1 radical (unpaired) electrons. The summed E-state index contributed by atoms with van der Waals surface area (Å²) in [6.07, 6.45) is 7.23. The highest BCUT2D eigenvalue weighted by Crippen LogP contribution is 2.34. The van der Waals surface area contributed by atoms with E-state index in [1.807, 2.05) is 36.5 Å². The number of hydrogen-bond donors (Lipinski definition) is 1. The molecule has 243 valence electrons. The van der Waals surface area contributed by atoms with Gasteiger partial charge in [-0.25, -0.2) is 0 Å². The normalized spacial score (nSPS) is 10.4. The monoisotopic (exact) mass is 889 g/mol. The summed E-state index contributed by atoms with van der Waals surface area (Å²) >= 11 is 9.52. The molecule has 6 aromatic carbocycles. The van der Waals surface area contributed by atoms with Gasteiger partial charge in [0.25, 0.3) is 0 Å². The lowest BCUT2D eigenvalue weighted by Gasteiger charge is -2.09. The van der Waals surface area contributed by atoms with Crippen molar-refractivity contribution in [3.05, 3.63) is 183 Å². The minimum Gasteiger partial charge on any atom is -0.537 e. The molecule has 2 aromatic heterocycles. The summed E-state index contributed by atoms with van der Waals surface area (Å²) < 4.78 is 8.40. The number of hydrogen-bond acceptors (Lipinski definition) is 4. The molecule has 0 fully saturated rings. The Hall–Kier alpha value is -4.35. The highest BCUT2D eigenvalue weighted by molar-refractivity contribution is 14.1. The highest BCUT2D eigenvalue weighted by atomic mass is 127. The van der Waals surface area contributed by atoms with Crippen LogP contribution in [-0.2, 0) is 0 Å². The van der Waals surface area contributed by atoms with Crippen LogP contribution in [0.2, 0.25) is 0 Å². The first-order valence-electron chi connectivity index (χ1n) is 15.7. The van der Waals surface area contributed by atoms with Crippen LogP contribution in [0, 0.1) is 3.57 Å². The van der Waals surface area contributed by atoms with Crippen molar-refractivity contribution in [1.29, 1.82) is 0 Å². The second-order valence-corrected chi connectivity index (χ2v) is 13.9. The van der Waals surface area contributed by atoms with Crippen molar-refractivity contribution in [1.82, 2.24) is 9.97 Å². The van der Waals surface area contributed by atoms with E-state index in [9.17, 15) is 0 Å². The Morgan fingerprint density at radius 3 is 1.48 bits per heavy atom. The average molecular weight is 891 g/mol. The molecular formula is C42H29BBr2IN2O2. The molecule has 0 atom stereocenters. The standard InChI is InChI=1S/C21H14BrN.C11H9BNO2.C10H6BrI/c22-21-12-11-18(19-5-1-2-6-20(19)21)16-9-7-15(8-10-16)17-4-3-13-23-14-17;14-12-15-11-5-3-9(4-6-11)10-2-1-7-13-8-10;11-9-5-6-10(12)8-4-2-1-3-7(8)9/h1-14H;1-8,14H;1-6H. The molecule has 4 nitrogen and oxygen atoms in total. The van der Waals surface area contributed by atoms with Crippen molar-refractivity contribution in [2.45, 2.75) is 0 Å². The summed E-state index contributed by atoms with van der Waals surface area (Å²) in [5.41, 5.74) is 6.91. The molecule has 0 bridgehead atoms. The van der Waals surface area contributed by atoms with E-state index in [2.05, 4.69) is 168 Å². The zero-order valence-corrected chi connectivity index (χ0v) is 32.0. The molecule has 0 aliphatic heterocycles. The average Bonchev–Trinajstić information content (AvgIpc) is 3.18. The molecule has 50 heavy (non-hydrogen) atoms. The summed E-state index contributed by atoms with van der Waals surface area (Å²) in [6.45, 7) is 0. The predicted octanol–water partition coefficient (Wildman–Crippen LogP) is 12.2. The minimum absolute atomic E-state index is 0.602. The van der Waals surface area contributed by atoms with E-state index >= 15 is 0 Å². The van der Waals surface area contributed by atoms with Gasteiger partial charge in [-0.2, -0.15) is 0 Å². The summed E-state index contributed by atoms with van der Waals surface area (Å²) in [6, 6.07) is 49.4. The van der Waals surface area contributed by atoms with Crippen LogP contribution in [0.25, 0.3) is 54.9 Å². The van der Waals surface area contributed by atoms with Crippen LogP contribution in [-0.4, -0.2) is 22.7 Å². The quantitative estimate of drug-likeness (QED) is 0.138. The Labute approximate surface area is 322 Å². The first kappa shape index (κ1) is 35.5. The fourth-order valence-corrected chi connectivity index (χ4v) is 7.04. The SMILES string of the molecule is Brc1ccc(-c2ccc(-c3cccnc3)cc2)c2ccccc12.Brc1ccc(I)c2ccccc12.O[B]Oc1ccc(-c2cccnc2)cc1. The molecule has 0 unspecified atom stereocenters. The van der Waals surface area contributed by atoms with Crippen LogP contribution in [0.3, 0.4) is 0 Å². The number of benzene rings is 6. The van der Waals surface area contributed by atoms with E-state index in [0.717, 1.165) is 21.2 Å². The van der Waals surface area contributed by atoms with Gasteiger partial charge in [0.05, 0.1) is 0 Å². The Morgan fingerprint density at radius 2 is 0.960 bits per heavy atom. The van der Waals surface area contributed by atoms with Gasteiger partial charge < -0.3 is 9.68 Å². The van der Waals surface area contributed by atoms with Gasteiger partial charge in [-0.15, -0.1) is 0 Å². The summed E-state index contributed by atoms with van der Waals surface area (Å²) in [5, 5.41) is 13.5. The van der Waals surface area contributed by atoms with Crippen molar-refractivity contribution in [3.63, 3.8) is 0 Å². The third-order valence-electron chi connectivity index (χ3n) is 7.92. The molecule has 8 heteroatoms. The molecule has 0 amide bonds. The molecule has 0 spiro atoms. The Morgan fingerprint density at radius 1 is 0.480 bits per heavy atom. The number of halogens is 3. The summed E-state index contributed by atoms with van der Waals surface area (Å²) in [7, 11) is 0.666. The molecule has 8 aromatic rings. The first-order valence-corrected chi connectivity index (χ1v) is 18.3. The van der Waals surface area contributed by atoms with Crippen LogP contribution in [0.1, 0.15) is 0 Å². The molecule has 0 saturated carbocycles. The van der Waals surface area contributed by atoms with Crippen molar-refractivity contribution >= 4 is 83.7 Å². The Kier molecular flexibility index (Phi) is 12.4. The van der Waals surface area contributed by atoms with Crippen LogP contribution >= 0.6 is 54.5 Å². The Balaban J connectivity index is 0.000000138. The van der Waals surface area contributed by atoms with Crippen LogP contribution < -0.4 is 4.65 Å². The Bertz CT molecular complexity index is 2270. The number of rotatable bonds is 5. The third-order valence-corrected chi connectivity index (χ3v) is 10.2. The zero-order chi connectivity index (χ0) is 34.7. The second-order valence-electron chi connectivity index (χ2n) is 11.0. The van der Waals surface area contributed by atoms with Crippen LogP contribution in [0.4, 0.5) is 0 Å². The first-order chi connectivity index (χ1) is 24.5. The van der Waals surface area contributed by atoms with Gasteiger partial charge in [0.2, 0.25) is 0 Å². The maximum absolute atomic E-state index is 8.45. The van der Waals surface area contributed by atoms with Gasteiger partial charge in [0, 0.05) is 37.3 Å². The number of fused-ring (bicyclic) bond motifs is 2. The predicted molar refractivity (Wildman–Crippen MR) is 223 cm³/mol. The van der Waals surface area contributed by atoms with Gasteiger partial charge in [0.15, 0.2) is 0 Å². The highest BCUT2D eigenvalue weighted by Gasteiger charge is 2.07. The molecular weight excluding hydrogens is 862 g/mol. The van der Waals surface area contributed by atoms with Crippen molar-refractivity contribution in [2.24, 2.45) is 0 Å². The minimum atomic E-state index is 0.602. The van der Waals surface area contributed by atoms with E-state index in [0.29, 0.717) is 13.4 Å². The third kappa shape index (κ3) is 8.87. The number of pyridine rings is 2. The number of aromatic nitrogens is 2. The van der Waals surface area contributed by atoms with Gasteiger partial charge in [-0.05, 0) is 120 Å². The van der Waals surface area contributed by atoms with E-state index < -0.39 is 0 Å². The molecule has 0 aliphatic carbocycles. The molecule has 2 heterocycles. The maximum atomic E-state index is 8.45. The smallest absolute Gasteiger partial charge is 0.537 e. The van der Waals surface area contributed by atoms with Gasteiger partial charge in [0.1, 0.15) is 5.75 Å². The van der Waals surface area contributed by atoms with Gasteiger partial charge >= 0.3 is 7.69 Å². The molecule has 8 rings (SSSR count). The van der Waals surface area contributed by atoms with E-state index in [1.165, 1.54) is 46.3 Å². The van der Waals surface area contributed by atoms with Crippen molar-refractivity contribution < 1.29 is 9.68 Å². The van der Waals surface area contributed by atoms with Gasteiger partial charge in [-0.1, -0.05) is 135 Å². The van der Waals surface area contributed by atoms with E-state index in [1.54, 1.807) is 30.7 Å².